The molecule has 1 rings (SSSR count). The molecule has 1 aromatic heterocycles. The summed E-state index contributed by atoms with van der Waals surface area (Å²) < 4.78 is 81.4. The van der Waals surface area contributed by atoms with Crippen LogP contribution in [0.4, 0.5) is 32.0 Å². The van der Waals surface area contributed by atoms with Crippen LogP contribution in [0.5, 0.6) is 11.6 Å². The number of nitro groups is 1. The summed E-state index contributed by atoms with van der Waals surface area (Å²) in [4.78, 5) is 12.1. The number of pyridine rings is 1. The van der Waals surface area contributed by atoms with Crippen molar-refractivity contribution in [2.75, 3.05) is 7.11 Å². The van der Waals surface area contributed by atoms with Gasteiger partial charge in [0.25, 0.3) is 5.88 Å². The molecule has 0 saturated heterocycles. The van der Waals surface area contributed by atoms with E-state index in [4.69, 9.17) is 0 Å². The molecular weight excluding hydrogens is 302 g/mol. The fraction of sp³-hybridized carbons (Fsp3) is 0.375. The number of nitrogens with zero attached hydrogens (tertiary/aromatic N) is 2. The van der Waals surface area contributed by atoms with Gasteiger partial charge in [0.1, 0.15) is 5.56 Å². The zero-order chi connectivity index (χ0) is 15.7. The van der Waals surface area contributed by atoms with Crippen LogP contribution in [-0.2, 0) is 6.18 Å². The second-order valence-corrected chi connectivity index (χ2v) is 3.16. The van der Waals surface area contributed by atoms with Gasteiger partial charge in [0.05, 0.1) is 12.0 Å². The summed E-state index contributed by atoms with van der Waals surface area (Å²) in [7, 11) is 0.792. The summed E-state index contributed by atoms with van der Waals surface area (Å²) in [5, 5.41) is 10.6. The highest BCUT2D eigenvalue weighted by Crippen LogP contribution is 2.46. The molecule has 0 aliphatic heterocycles. The van der Waals surface area contributed by atoms with Gasteiger partial charge in [-0.05, 0) is 0 Å². The lowest BCUT2D eigenvalue weighted by Gasteiger charge is -2.15. The van der Waals surface area contributed by atoms with Crippen molar-refractivity contribution < 1.29 is 40.7 Å². The van der Waals surface area contributed by atoms with Crippen LogP contribution in [-0.4, -0.2) is 23.4 Å². The molecule has 0 radical (unpaired) electrons. The summed E-state index contributed by atoms with van der Waals surface area (Å²) in [5.41, 5.74) is -3.71. The van der Waals surface area contributed by atoms with E-state index in [2.05, 4.69) is 14.5 Å². The molecule has 0 fully saturated rings. The Morgan fingerprint density at radius 1 is 1.25 bits per heavy atom. The van der Waals surface area contributed by atoms with Crippen molar-refractivity contribution in [3.63, 3.8) is 0 Å². The monoisotopic (exact) mass is 306 g/mol. The van der Waals surface area contributed by atoms with Crippen molar-refractivity contribution in [1.82, 2.24) is 4.98 Å². The molecule has 0 unspecified atom stereocenters. The van der Waals surface area contributed by atoms with E-state index in [0.717, 1.165) is 7.11 Å². The molecule has 1 aromatic rings. The number of ether oxygens (including phenoxy) is 2. The smallest absolute Gasteiger partial charge is 0.476 e. The Bertz CT molecular complexity index is 527. The standard InChI is InChI=1S/C8H4F6N2O4/c1-19-6-4(16(17)18)5(20-8(12,13)14)3(2-15-6)7(9,10)11/h2H,1H3. The van der Waals surface area contributed by atoms with Gasteiger partial charge < -0.3 is 9.47 Å². The molecule has 20 heavy (non-hydrogen) atoms. The number of hydrogen-bond acceptors (Lipinski definition) is 5. The Balaban J connectivity index is 3.64. The second-order valence-electron chi connectivity index (χ2n) is 3.16. The lowest BCUT2D eigenvalue weighted by molar-refractivity contribution is -0.390. The van der Waals surface area contributed by atoms with Gasteiger partial charge in [0.2, 0.25) is 5.75 Å². The predicted octanol–water partition coefficient (Wildman–Crippen LogP) is 2.92. The molecular formula is C8H4F6N2O4. The quantitative estimate of drug-likeness (QED) is 0.487. The highest BCUT2D eigenvalue weighted by atomic mass is 19.4. The molecule has 0 aliphatic rings. The van der Waals surface area contributed by atoms with E-state index < -0.39 is 40.3 Å². The first-order valence-electron chi connectivity index (χ1n) is 4.51. The van der Waals surface area contributed by atoms with Gasteiger partial charge in [-0.3, -0.25) is 10.1 Å². The number of aromatic nitrogens is 1. The van der Waals surface area contributed by atoms with Crippen LogP contribution in [0.1, 0.15) is 5.56 Å². The molecule has 0 bridgehead atoms. The number of hydrogen-bond donors (Lipinski definition) is 0. The maximum Gasteiger partial charge on any atom is 0.573 e. The van der Waals surface area contributed by atoms with Crippen LogP contribution in [0, 0.1) is 10.1 Å². The second kappa shape index (κ2) is 5.02. The molecule has 0 spiro atoms. The Morgan fingerprint density at radius 2 is 1.80 bits per heavy atom. The first kappa shape index (κ1) is 15.8. The molecule has 112 valence electrons. The first-order chi connectivity index (χ1) is 8.97. The van der Waals surface area contributed by atoms with E-state index in [1.54, 1.807) is 0 Å². The van der Waals surface area contributed by atoms with E-state index in [1.807, 2.05) is 0 Å². The highest BCUT2D eigenvalue weighted by Gasteiger charge is 2.45. The van der Waals surface area contributed by atoms with E-state index in [1.165, 1.54) is 0 Å². The Labute approximate surface area is 106 Å². The minimum Gasteiger partial charge on any atom is -0.476 e. The zero-order valence-electron chi connectivity index (χ0n) is 9.37. The predicted molar refractivity (Wildman–Crippen MR) is 49.1 cm³/mol. The van der Waals surface area contributed by atoms with Gasteiger partial charge in [-0.2, -0.15) is 13.2 Å². The van der Waals surface area contributed by atoms with Crippen molar-refractivity contribution in [3.8, 4) is 11.6 Å². The van der Waals surface area contributed by atoms with Crippen molar-refractivity contribution in [3.05, 3.63) is 21.9 Å². The van der Waals surface area contributed by atoms with E-state index in [9.17, 15) is 36.5 Å². The van der Waals surface area contributed by atoms with Crippen molar-refractivity contribution in [1.29, 1.82) is 0 Å². The molecule has 6 nitrogen and oxygen atoms in total. The van der Waals surface area contributed by atoms with Gasteiger partial charge in [-0.15, -0.1) is 13.2 Å². The minimum absolute atomic E-state index is 0.0487. The Hall–Kier alpha value is -2.27. The summed E-state index contributed by atoms with van der Waals surface area (Å²) in [5.74, 6) is -3.07. The third kappa shape index (κ3) is 3.39. The normalized spacial score (nSPS) is 12.2. The molecule has 0 saturated carbocycles. The largest absolute Gasteiger partial charge is 0.573 e. The highest BCUT2D eigenvalue weighted by molar-refractivity contribution is 5.58. The molecule has 0 aliphatic carbocycles. The van der Waals surface area contributed by atoms with Gasteiger partial charge in [0, 0.05) is 6.20 Å². The topological polar surface area (TPSA) is 74.5 Å². The van der Waals surface area contributed by atoms with Gasteiger partial charge in [-0.25, -0.2) is 4.98 Å². The molecule has 0 aromatic carbocycles. The average molecular weight is 306 g/mol. The van der Waals surface area contributed by atoms with Crippen LogP contribution >= 0.6 is 0 Å². The number of alkyl halides is 6. The molecule has 0 amide bonds. The van der Waals surface area contributed by atoms with Gasteiger partial charge >= 0.3 is 18.2 Å². The lowest BCUT2D eigenvalue weighted by atomic mass is 10.2. The summed E-state index contributed by atoms with van der Waals surface area (Å²) >= 11 is 0. The zero-order valence-corrected chi connectivity index (χ0v) is 9.37. The van der Waals surface area contributed by atoms with Crippen LogP contribution in [0.3, 0.4) is 0 Å². The summed E-state index contributed by atoms with van der Waals surface area (Å²) in [6, 6.07) is 0. The molecule has 12 heteroatoms. The maximum atomic E-state index is 12.6. The fourth-order valence-electron chi connectivity index (χ4n) is 1.20. The molecule has 0 atom stereocenters. The average Bonchev–Trinajstić information content (AvgIpc) is 2.23. The van der Waals surface area contributed by atoms with Crippen LogP contribution in [0.25, 0.3) is 0 Å². The van der Waals surface area contributed by atoms with Crippen molar-refractivity contribution in [2.24, 2.45) is 0 Å². The number of halogens is 6. The lowest BCUT2D eigenvalue weighted by Crippen LogP contribution is -2.21. The maximum absolute atomic E-state index is 12.6. The number of methoxy groups -OCH3 is 1. The Morgan fingerprint density at radius 3 is 2.15 bits per heavy atom. The molecule has 0 N–H and O–H groups in total. The van der Waals surface area contributed by atoms with Crippen molar-refractivity contribution >= 4 is 5.69 Å². The van der Waals surface area contributed by atoms with E-state index >= 15 is 0 Å². The van der Waals surface area contributed by atoms with Gasteiger partial charge in [-0.1, -0.05) is 0 Å². The first-order valence-corrected chi connectivity index (χ1v) is 4.51. The fourth-order valence-corrected chi connectivity index (χ4v) is 1.20. The SMILES string of the molecule is COc1ncc(C(F)(F)F)c(OC(F)(F)F)c1[N+](=O)[O-]. The summed E-state index contributed by atoms with van der Waals surface area (Å²) in [6.45, 7) is 0. The summed E-state index contributed by atoms with van der Waals surface area (Å²) in [6.07, 6.45) is -10.9. The van der Waals surface area contributed by atoms with Crippen LogP contribution in [0.2, 0.25) is 0 Å². The molecule has 1 heterocycles. The van der Waals surface area contributed by atoms with Crippen LogP contribution < -0.4 is 9.47 Å². The number of rotatable bonds is 3. The van der Waals surface area contributed by atoms with Crippen molar-refractivity contribution in [2.45, 2.75) is 12.5 Å². The van der Waals surface area contributed by atoms with E-state index in [0.29, 0.717) is 0 Å². The minimum atomic E-state index is -5.56. The Kier molecular flexibility index (Phi) is 3.96. The van der Waals surface area contributed by atoms with E-state index in [-0.39, 0.29) is 6.20 Å². The third-order valence-corrected chi connectivity index (χ3v) is 1.87. The van der Waals surface area contributed by atoms with Gasteiger partial charge in [0.15, 0.2) is 0 Å². The van der Waals surface area contributed by atoms with Crippen LogP contribution in [0.15, 0.2) is 6.20 Å². The third-order valence-electron chi connectivity index (χ3n) is 1.87.